The highest BCUT2D eigenvalue weighted by Crippen LogP contribution is 2.37. The maximum atomic E-state index is 12.7. The Labute approximate surface area is 171 Å². The number of benzene rings is 1. The zero-order chi connectivity index (χ0) is 19.2. The molecule has 2 aliphatic rings. The average molecular weight is 440 g/mol. The molecule has 2 aromatic rings. The topological polar surface area (TPSA) is 67.6 Å². The number of furan rings is 1. The van der Waals surface area contributed by atoms with Crippen LogP contribution >= 0.6 is 35.6 Å². The monoisotopic (exact) mass is 439 g/mol. The second-order valence-electron chi connectivity index (χ2n) is 6.29. The fraction of sp³-hybridized carbons (Fsp3) is 0.222. The minimum absolute atomic E-state index is 0.0376. The summed E-state index contributed by atoms with van der Waals surface area (Å²) < 4.78 is 29.6. The summed E-state index contributed by atoms with van der Waals surface area (Å²) in [5.74, 6) is 0.883. The quantitative estimate of drug-likeness (QED) is 0.532. The maximum absolute atomic E-state index is 12.7. The molecule has 2 saturated heterocycles. The molecule has 140 valence electrons. The van der Waals surface area contributed by atoms with E-state index in [1.165, 1.54) is 4.90 Å². The van der Waals surface area contributed by atoms with Crippen LogP contribution in [0.25, 0.3) is 17.4 Å². The van der Waals surface area contributed by atoms with Gasteiger partial charge in [0.05, 0.1) is 27.5 Å². The van der Waals surface area contributed by atoms with Gasteiger partial charge in [-0.3, -0.25) is 9.69 Å². The predicted molar refractivity (Wildman–Crippen MR) is 111 cm³/mol. The minimum atomic E-state index is -3.10. The molecule has 2 aliphatic heterocycles. The van der Waals surface area contributed by atoms with Gasteiger partial charge in [0.15, 0.2) is 9.84 Å². The second-order valence-corrected chi connectivity index (χ2v) is 10.6. The molecule has 0 aliphatic carbocycles. The predicted octanol–water partition coefficient (Wildman–Crippen LogP) is 3.99. The van der Waals surface area contributed by atoms with Gasteiger partial charge >= 0.3 is 0 Å². The van der Waals surface area contributed by atoms with Gasteiger partial charge < -0.3 is 4.42 Å². The summed E-state index contributed by atoms with van der Waals surface area (Å²) in [6.07, 6.45) is 2.04. The summed E-state index contributed by atoms with van der Waals surface area (Å²) >= 11 is 12.7. The van der Waals surface area contributed by atoms with Gasteiger partial charge in [0.25, 0.3) is 5.91 Å². The van der Waals surface area contributed by atoms with Crippen LogP contribution in [0.3, 0.4) is 0 Å². The Morgan fingerprint density at radius 2 is 2.04 bits per heavy atom. The number of nitrogens with zero attached hydrogens (tertiary/aromatic N) is 1. The molecule has 0 unspecified atom stereocenters. The fourth-order valence-corrected chi connectivity index (χ4v) is 6.45. The number of rotatable bonds is 3. The van der Waals surface area contributed by atoms with Crippen molar-refractivity contribution < 1.29 is 17.6 Å². The van der Waals surface area contributed by atoms with Crippen LogP contribution in [0.5, 0.6) is 0 Å². The molecule has 5 nitrogen and oxygen atoms in total. The Hall–Kier alpha value is -1.61. The standard InChI is InChI=1S/C18H14ClNO4S3/c19-14-4-2-1-3-13(14)15-6-5-12(24-15)9-16-17(21)20(18(25)26-16)11-7-8-27(22,23)10-11/h1-6,9,11H,7-8,10H2/b16-9-/t11-/m1/s1. The van der Waals surface area contributed by atoms with Crippen LogP contribution in [0.4, 0.5) is 0 Å². The van der Waals surface area contributed by atoms with Crippen molar-refractivity contribution in [1.82, 2.24) is 4.90 Å². The van der Waals surface area contributed by atoms with Gasteiger partial charge in [-0.25, -0.2) is 8.42 Å². The summed E-state index contributed by atoms with van der Waals surface area (Å²) in [5.41, 5.74) is 0.766. The van der Waals surface area contributed by atoms with Crippen molar-refractivity contribution in [2.24, 2.45) is 0 Å². The number of carbonyl (C=O) groups is 1. The van der Waals surface area contributed by atoms with Crippen molar-refractivity contribution in [3.63, 3.8) is 0 Å². The van der Waals surface area contributed by atoms with Gasteiger partial charge in [-0.05, 0) is 30.7 Å². The number of hydrogen-bond donors (Lipinski definition) is 0. The molecule has 1 aromatic carbocycles. The summed E-state index contributed by atoms with van der Waals surface area (Å²) in [5, 5.41) is 0.576. The number of amides is 1. The van der Waals surface area contributed by atoms with Gasteiger partial charge in [-0.1, -0.05) is 47.7 Å². The van der Waals surface area contributed by atoms with E-state index in [1.54, 1.807) is 24.3 Å². The Morgan fingerprint density at radius 1 is 1.26 bits per heavy atom. The Bertz CT molecular complexity index is 1070. The van der Waals surface area contributed by atoms with E-state index in [4.69, 9.17) is 28.2 Å². The van der Waals surface area contributed by atoms with E-state index in [9.17, 15) is 13.2 Å². The largest absolute Gasteiger partial charge is 0.457 e. The first-order valence-corrected chi connectivity index (χ1v) is 11.6. The molecule has 0 saturated carbocycles. The molecule has 2 fully saturated rings. The molecule has 1 atom stereocenters. The molecule has 4 rings (SSSR count). The average Bonchev–Trinajstić information content (AvgIpc) is 3.27. The highest BCUT2D eigenvalue weighted by atomic mass is 35.5. The lowest BCUT2D eigenvalue weighted by atomic mass is 10.2. The minimum Gasteiger partial charge on any atom is -0.457 e. The fourth-order valence-electron chi connectivity index (χ4n) is 3.14. The van der Waals surface area contributed by atoms with Crippen LogP contribution in [0.15, 0.2) is 45.7 Å². The smallest absolute Gasteiger partial charge is 0.266 e. The third-order valence-electron chi connectivity index (χ3n) is 4.44. The number of halogens is 1. The van der Waals surface area contributed by atoms with E-state index >= 15 is 0 Å². The molecular formula is C18H14ClNO4S3. The molecular weight excluding hydrogens is 426 g/mol. The van der Waals surface area contributed by atoms with Gasteiger partial charge in [-0.2, -0.15) is 0 Å². The normalized spacial score (nSPS) is 23.5. The first kappa shape index (κ1) is 18.7. The molecule has 0 spiro atoms. The van der Waals surface area contributed by atoms with Crippen molar-refractivity contribution >= 4 is 61.7 Å². The lowest BCUT2D eigenvalue weighted by molar-refractivity contribution is -0.123. The van der Waals surface area contributed by atoms with Crippen LogP contribution in [0, 0.1) is 0 Å². The maximum Gasteiger partial charge on any atom is 0.266 e. The summed E-state index contributed by atoms with van der Waals surface area (Å²) in [6, 6.07) is 10.5. The van der Waals surface area contributed by atoms with Gasteiger partial charge in [0, 0.05) is 11.6 Å². The number of sulfone groups is 1. The van der Waals surface area contributed by atoms with E-state index in [0.29, 0.717) is 32.2 Å². The van der Waals surface area contributed by atoms with Crippen LogP contribution in [-0.4, -0.2) is 41.1 Å². The zero-order valence-electron chi connectivity index (χ0n) is 13.9. The summed E-state index contributed by atoms with van der Waals surface area (Å²) in [4.78, 5) is 14.6. The second kappa shape index (κ2) is 7.09. The van der Waals surface area contributed by atoms with E-state index in [1.807, 2.05) is 18.2 Å². The van der Waals surface area contributed by atoms with Crippen LogP contribution < -0.4 is 0 Å². The Balaban J connectivity index is 1.58. The summed E-state index contributed by atoms with van der Waals surface area (Å²) in [7, 11) is -3.10. The molecule has 3 heterocycles. The Morgan fingerprint density at radius 3 is 2.74 bits per heavy atom. The lowest BCUT2D eigenvalue weighted by Crippen LogP contribution is -2.39. The molecule has 1 aromatic heterocycles. The van der Waals surface area contributed by atoms with E-state index in [-0.39, 0.29) is 23.5 Å². The first-order chi connectivity index (χ1) is 12.8. The van der Waals surface area contributed by atoms with Crippen LogP contribution in [0.2, 0.25) is 5.02 Å². The SMILES string of the molecule is O=C1/C(=C/c2ccc(-c3ccccc3Cl)o2)SC(=S)N1[C@@H]1CCS(=O)(=O)C1. The number of thiocarbonyl (C=S) groups is 1. The lowest BCUT2D eigenvalue weighted by Gasteiger charge is -2.20. The van der Waals surface area contributed by atoms with Crippen molar-refractivity contribution in [3.8, 4) is 11.3 Å². The van der Waals surface area contributed by atoms with E-state index in [0.717, 1.165) is 17.3 Å². The zero-order valence-corrected chi connectivity index (χ0v) is 17.1. The number of carbonyl (C=O) groups excluding carboxylic acids is 1. The number of thioether (sulfide) groups is 1. The van der Waals surface area contributed by atoms with Gasteiger partial charge in [0.1, 0.15) is 15.8 Å². The van der Waals surface area contributed by atoms with Crippen LogP contribution in [0.1, 0.15) is 12.2 Å². The van der Waals surface area contributed by atoms with Crippen molar-refractivity contribution in [3.05, 3.63) is 52.1 Å². The van der Waals surface area contributed by atoms with Gasteiger partial charge in [-0.15, -0.1) is 0 Å². The summed E-state index contributed by atoms with van der Waals surface area (Å²) in [6.45, 7) is 0. The van der Waals surface area contributed by atoms with Crippen molar-refractivity contribution in [1.29, 1.82) is 0 Å². The Kier molecular flexibility index (Phi) is 4.92. The number of hydrogen-bond acceptors (Lipinski definition) is 6. The van der Waals surface area contributed by atoms with Crippen molar-refractivity contribution in [2.45, 2.75) is 12.5 Å². The highest BCUT2D eigenvalue weighted by molar-refractivity contribution is 8.26. The molecule has 0 N–H and O–H groups in total. The molecule has 27 heavy (non-hydrogen) atoms. The van der Waals surface area contributed by atoms with Crippen LogP contribution in [-0.2, 0) is 14.6 Å². The van der Waals surface area contributed by atoms with Crippen molar-refractivity contribution in [2.75, 3.05) is 11.5 Å². The van der Waals surface area contributed by atoms with E-state index in [2.05, 4.69) is 0 Å². The third kappa shape index (κ3) is 3.71. The van der Waals surface area contributed by atoms with Gasteiger partial charge in [0.2, 0.25) is 0 Å². The molecule has 9 heteroatoms. The molecule has 0 radical (unpaired) electrons. The molecule has 0 bridgehead atoms. The highest BCUT2D eigenvalue weighted by Gasteiger charge is 2.42. The third-order valence-corrected chi connectivity index (χ3v) is 7.85. The van der Waals surface area contributed by atoms with E-state index < -0.39 is 9.84 Å². The molecule has 1 amide bonds. The first-order valence-electron chi connectivity index (χ1n) is 8.16.